The van der Waals surface area contributed by atoms with Gasteiger partial charge in [-0.15, -0.1) is 11.3 Å². The summed E-state index contributed by atoms with van der Waals surface area (Å²) in [6.07, 6.45) is 2.09. The van der Waals surface area contributed by atoms with Crippen molar-refractivity contribution in [2.24, 2.45) is 10.4 Å². The molecule has 2 aliphatic rings. The van der Waals surface area contributed by atoms with E-state index < -0.39 is 0 Å². The highest BCUT2D eigenvalue weighted by Gasteiger charge is 2.45. The van der Waals surface area contributed by atoms with Crippen LogP contribution in [0.1, 0.15) is 35.8 Å². The molecule has 0 fully saturated rings. The number of aliphatic imine (C=N–C) groups is 1. The molecule has 0 spiro atoms. The van der Waals surface area contributed by atoms with E-state index >= 15 is 0 Å². The van der Waals surface area contributed by atoms with Crippen LogP contribution in [-0.2, 0) is 17.6 Å². The van der Waals surface area contributed by atoms with E-state index in [1.54, 1.807) is 0 Å². The minimum Gasteiger partial charge on any atom is -0.478 e. The van der Waals surface area contributed by atoms with E-state index in [0.717, 1.165) is 25.3 Å². The molecule has 0 N–H and O–H groups in total. The second-order valence-corrected chi connectivity index (χ2v) is 7.98. The van der Waals surface area contributed by atoms with Crippen LogP contribution < -0.4 is 0 Å². The number of hydrogen-bond donors (Lipinski definition) is 0. The summed E-state index contributed by atoms with van der Waals surface area (Å²) in [6, 6.07) is 13.1. The molecule has 1 aliphatic carbocycles. The van der Waals surface area contributed by atoms with Gasteiger partial charge in [-0.25, -0.2) is 4.99 Å². The number of fused-ring (bicyclic) bond motifs is 1. The van der Waals surface area contributed by atoms with Crippen LogP contribution in [0, 0.1) is 5.41 Å². The largest absolute Gasteiger partial charge is 0.478 e. The standard InChI is InChI=1S/C19H21NOS/c1-19(2)11-14-8-9-22-17(14)16(19)18-20-15(12-21-18)10-13-6-4-3-5-7-13/h3-9,15-16H,10-12H2,1-2H3/t15-,16+/m0/s1. The zero-order chi connectivity index (χ0) is 15.2. The van der Waals surface area contributed by atoms with Gasteiger partial charge in [0.05, 0.1) is 12.0 Å². The lowest BCUT2D eigenvalue weighted by molar-refractivity contribution is 0.274. The minimum atomic E-state index is 0.211. The first-order chi connectivity index (χ1) is 10.6. The summed E-state index contributed by atoms with van der Waals surface area (Å²) in [5.41, 5.74) is 3.03. The normalized spacial score (nSPS) is 25.6. The molecule has 0 amide bonds. The number of thiophene rings is 1. The predicted octanol–water partition coefficient (Wildman–Crippen LogP) is 4.45. The molecule has 1 aromatic carbocycles. The SMILES string of the molecule is CC1(C)Cc2ccsc2[C@@H]1C1=N[C@@H](Cc2ccccc2)CO1. The lowest BCUT2D eigenvalue weighted by Crippen LogP contribution is -2.25. The Morgan fingerprint density at radius 2 is 2.05 bits per heavy atom. The number of rotatable bonds is 3. The first-order valence-electron chi connectivity index (χ1n) is 7.94. The van der Waals surface area contributed by atoms with Crippen molar-refractivity contribution in [3.05, 3.63) is 57.8 Å². The van der Waals surface area contributed by atoms with Crippen molar-refractivity contribution in [2.75, 3.05) is 6.61 Å². The van der Waals surface area contributed by atoms with E-state index in [4.69, 9.17) is 9.73 Å². The monoisotopic (exact) mass is 311 g/mol. The fraction of sp³-hybridized carbons (Fsp3) is 0.421. The number of hydrogen-bond acceptors (Lipinski definition) is 3. The van der Waals surface area contributed by atoms with Crippen molar-refractivity contribution < 1.29 is 4.74 Å². The van der Waals surface area contributed by atoms with Crippen molar-refractivity contribution in [1.82, 2.24) is 0 Å². The van der Waals surface area contributed by atoms with Crippen LogP contribution in [0.3, 0.4) is 0 Å². The molecule has 1 aliphatic heterocycles. The average Bonchev–Trinajstić information content (AvgIpc) is 3.15. The topological polar surface area (TPSA) is 21.6 Å². The Kier molecular flexibility index (Phi) is 3.33. The van der Waals surface area contributed by atoms with Crippen LogP contribution in [-0.4, -0.2) is 18.5 Å². The molecule has 2 nitrogen and oxygen atoms in total. The first-order valence-corrected chi connectivity index (χ1v) is 8.82. The van der Waals surface area contributed by atoms with Gasteiger partial charge in [0.25, 0.3) is 0 Å². The highest BCUT2D eigenvalue weighted by atomic mass is 32.1. The maximum atomic E-state index is 6.04. The van der Waals surface area contributed by atoms with Gasteiger partial charge < -0.3 is 4.74 Å². The van der Waals surface area contributed by atoms with Gasteiger partial charge in [-0.2, -0.15) is 0 Å². The Morgan fingerprint density at radius 3 is 2.86 bits per heavy atom. The van der Waals surface area contributed by atoms with Gasteiger partial charge in [-0.1, -0.05) is 44.2 Å². The fourth-order valence-electron chi connectivity index (χ4n) is 3.73. The second kappa shape index (κ2) is 5.24. The Morgan fingerprint density at radius 1 is 1.23 bits per heavy atom. The van der Waals surface area contributed by atoms with Crippen molar-refractivity contribution in [2.45, 2.75) is 38.6 Å². The fourth-order valence-corrected chi connectivity index (χ4v) is 4.95. The van der Waals surface area contributed by atoms with Crippen LogP contribution in [0.15, 0.2) is 46.8 Å². The van der Waals surface area contributed by atoms with Crippen molar-refractivity contribution in [3.63, 3.8) is 0 Å². The van der Waals surface area contributed by atoms with Crippen LogP contribution in [0.5, 0.6) is 0 Å². The van der Waals surface area contributed by atoms with Gasteiger partial charge in [0.2, 0.25) is 0 Å². The predicted molar refractivity (Wildman–Crippen MR) is 91.9 cm³/mol. The average molecular weight is 311 g/mol. The lowest BCUT2D eigenvalue weighted by atomic mass is 9.81. The molecule has 1 aromatic heterocycles. The van der Waals surface area contributed by atoms with E-state index in [9.17, 15) is 0 Å². The van der Waals surface area contributed by atoms with E-state index in [0.29, 0.717) is 5.92 Å². The Balaban J connectivity index is 1.57. The zero-order valence-corrected chi connectivity index (χ0v) is 13.9. The molecule has 2 heterocycles. The molecule has 0 saturated carbocycles. The quantitative estimate of drug-likeness (QED) is 0.820. The molecule has 0 saturated heterocycles. The smallest absolute Gasteiger partial charge is 0.192 e. The zero-order valence-electron chi connectivity index (χ0n) is 13.1. The molecule has 0 bridgehead atoms. The summed E-state index contributed by atoms with van der Waals surface area (Å²) >= 11 is 1.85. The van der Waals surface area contributed by atoms with Crippen LogP contribution in [0.2, 0.25) is 0 Å². The maximum Gasteiger partial charge on any atom is 0.192 e. The molecule has 2 atom stereocenters. The van der Waals surface area contributed by atoms with Crippen molar-refractivity contribution >= 4 is 17.2 Å². The molecule has 114 valence electrons. The molecule has 0 unspecified atom stereocenters. The van der Waals surface area contributed by atoms with Gasteiger partial charge in [0.15, 0.2) is 5.90 Å². The van der Waals surface area contributed by atoms with Crippen LogP contribution in [0.4, 0.5) is 0 Å². The third kappa shape index (κ3) is 2.38. The Bertz CT molecular complexity index is 701. The minimum absolute atomic E-state index is 0.211. The van der Waals surface area contributed by atoms with Gasteiger partial charge >= 0.3 is 0 Å². The Labute approximate surface area is 135 Å². The highest BCUT2D eigenvalue weighted by molar-refractivity contribution is 7.10. The lowest BCUT2D eigenvalue weighted by Gasteiger charge is -2.26. The maximum absolute atomic E-state index is 6.04. The molecule has 22 heavy (non-hydrogen) atoms. The van der Waals surface area contributed by atoms with E-state index in [1.807, 2.05) is 11.3 Å². The molecular weight excluding hydrogens is 290 g/mol. The highest BCUT2D eigenvalue weighted by Crippen LogP contribution is 2.50. The molecule has 4 rings (SSSR count). The second-order valence-electron chi connectivity index (χ2n) is 7.03. The third-order valence-electron chi connectivity index (χ3n) is 4.76. The van der Waals surface area contributed by atoms with E-state index in [1.165, 1.54) is 16.0 Å². The molecule has 3 heteroatoms. The van der Waals surface area contributed by atoms with Gasteiger partial charge in [-0.3, -0.25) is 0 Å². The van der Waals surface area contributed by atoms with Crippen LogP contribution in [0.25, 0.3) is 0 Å². The Hall–Kier alpha value is -1.61. The molecule has 2 aromatic rings. The van der Waals surface area contributed by atoms with Gasteiger partial charge in [0.1, 0.15) is 6.61 Å². The van der Waals surface area contributed by atoms with E-state index in [-0.39, 0.29) is 11.5 Å². The third-order valence-corrected chi connectivity index (χ3v) is 5.79. The summed E-state index contributed by atoms with van der Waals surface area (Å²) < 4.78 is 6.04. The van der Waals surface area contributed by atoms with Gasteiger partial charge in [0, 0.05) is 4.88 Å². The van der Waals surface area contributed by atoms with Crippen molar-refractivity contribution in [3.8, 4) is 0 Å². The van der Waals surface area contributed by atoms with Gasteiger partial charge in [-0.05, 0) is 40.8 Å². The summed E-state index contributed by atoms with van der Waals surface area (Å²) in [7, 11) is 0. The summed E-state index contributed by atoms with van der Waals surface area (Å²) in [6.45, 7) is 5.39. The number of benzene rings is 1. The van der Waals surface area contributed by atoms with E-state index in [2.05, 4.69) is 55.6 Å². The first kappa shape index (κ1) is 14.0. The van der Waals surface area contributed by atoms with Crippen molar-refractivity contribution in [1.29, 1.82) is 0 Å². The summed E-state index contributed by atoms with van der Waals surface area (Å²) in [5.74, 6) is 1.30. The molecular formula is C19H21NOS. The van der Waals surface area contributed by atoms with Crippen LogP contribution >= 0.6 is 11.3 Å². The summed E-state index contributed by atoms with van der Waals surface area (Å²) in [5, 5.41) is 2.20. The molecule has 0 radical (unpaired) electrons. The number of nitrogens with zero attached hydrogens (tertiary/aromatic N) is 1. The summed E-state index contributed by atoms with van der Waals surface area (Å²) in [4.78, 5) is 6.40. The number of ether oxygens (including phenoxy) is 1.